The van der Waals surface area contributed by atoms with Crippen LogP contribution in [0.25, 0.3) is 17.5 Å². The molecule has 2 aromatic carbocycles. The number of hydrogen-bond acceptors (Lipinski definition) is 6. The fourth-order valence-corrected chi connectivity index (χ4v) is 2.38. The maximum absolute atomic E-state index is 12.6. The summed E-state index contributed by atoms with van der Waals surface area (Å²) in [6.45, 7) is -0.275. The molecular weight excluding hydrogens is 389 g/mol. The third-order valence-electron chi connectivity index (χ3n) is 3.81. The highest BCUT2D eigenvalue weighted by atomic mass is 19.4. The number of aromatic nitrogens is 2. The van der Waals surface area contributed by atoms with Crippen molar-refractivity contribution < 1.29 is 32.0 Å². The number of carbonyl (C=O) groups excluding carboxylic acids is 1. The van der Waals surface area contributed by atoms with Gasteiger partial charge in [0.25, 0.3) is 5.89 Å². The second kappa shape index (κ2) is 8.59. The van der Waals surface area contributed by atoms with E-state index in [1.165, 1.54) is 25.3 Å². The van der Waals surface area contributed by atoms with Crippen molar-refractivity contribution in [2.24, 2.45) is 0 Å². The number of esters is 1. The van der Waals surface area contributed by atoms with E-state index in [1.807, 2.05) is 0 Å². The molecule has 0 N–H and O–H groups in total. The molecule has 0 saturated carbocycles. The fraction of sp³-hybridized carbons (Fsp3) is 0.150. The van der Waals surface area contributed by atoms with Gasteiger partial charge >= 0.3 is 12.1 Å². The Morgan fingerprint density at radius 3 is 2.55 bits per heavy atom. The fourth-order valence-electron chi connectivity index (χ4n) is 2.38. The average molecular weight is 404 g/mol. The summed E-state index contributed by atoms with van der Waals surface area (Å²) < 4.78 is 53.0. The molecule has 0 bridgehead atoms. The summed E-state index contributed by atoms with van der Waals surface area (Å²) in [7, 11) is 1.52. The van der Waals surface area contributed by atoms with E-state index in [-0.39, 0.29) is 18.3 Å². The van der Waals surface area contributed by atoms with Crippen LogP contribution in [0.3, 0.4) is 0 Å². The predicted octanol–water partition coefficient (Wildman–Crippen LogP) is 4.52. The van der Waals surface area contributed by atoms with Crippen LogP contribution in [0.15, 0.2) is 59.1 Å². The van der Waals surface area contributed by atoms with Gasteiger partial charge in [0, 0.05) is 17.2 Å². The van der Waals surface area contributed by atoms with Crippen molar-refractivity contribution >= 4 is 12.0 Å². The van der Waals surface area contributed by atoms with Crippen LogP contribution in [0.5, 0.6) is 5.75 Å². The highest BCUT2D eigenvalue weighted by Crippen LogP contribution is 2.30. The highest BCUT2D eigenvalue weighted by Gasteiger charge is 2.30. The average Bonchev–Trinajstić information content (AvgIpc) is 3.19. The number of methoxy groups -OCH3 is 1. The lowest BCUT2D eigenvalue weighted by molar-refractivity contribution is -0.140. The molecule has 9 heteroatoms. The Hall–Kier alpha value is -3.62. The molecule has 0 spiro atoms. The first kappa shape index (κ1) is 20.1. The second-order valence-corrected chi connectivity index (χ2v) is 5.77. The van der Waals surface area contributed by atoms with Gasteiger partial charge in [-0.1, -0.05) is 35.5 Å². The number of carbonyl (C=O) groups is 1. The van der Waals surface area contributed by atoms with Gasteiger partial charge in [-0.2, -0.15) is 18.2 Å². The second-order valence-electron chi connectivity index (χ2n) is 5.77. The summed E-state index contributed by atoms with van der Waals surface area (Å²) in [6.07, 6.45) is -1.65. The molecule has 150 valence electrons. The molecule has 3 rings (SSSR count). The van der Waals surface area contributed by atoms with Gasteiger partial charge in [-0.05, 0) is 24.3 Å². The molecule has 0 aliphatic heterocycles. The van der Waals surface area contributed by atoms with Crippen molar-refractivity contribution in [3.05, 3.63) is 71.6 Å². The number of ether oxygens (including phenoxy) is 2. The van der Waals surface area contributed by atoms with Gasteiger partial charge in [-0.15, -0.1) is 0 Å². The van der Waals surface area contributed by atoms with E-state index in [2.05, 4.69) is 10.1 Å². The minimum Gasteiger partial charge on any atom is -0.496 e. The van der Waals surface area contributed by atoms with Crippen LogP contribution in [0.2, 0.25) is 0 Å². The highest BCUT2D eigenvalue weighted by molar-refractivity contribution is 5.87. The number of alkyl halides is 3. The first-order valence-electron chi connectivity index (χ1n) is 8.35. The summed E-state index contributed by atoms with van der Waals surface area (Å²) >= 11 is 0. The van der Waals surface area contributed by atoms with Crippen molar-refractivity contribution in [3.8, 4) is 17.1 Å². The lowest BCUT2D eigenvalue weighted by atomic mass is 10.1. The monoisotopic (exact) mass is 404 g/mol. The molecule has 3 aromatic rings. The van der Waals surface area contributed by atoms with Crippen molar-refractivity contribution in [1.82, 2.24) is 10.1 Å². The summed E-state index contributed by atoms with van der Waals surface area (Å²) in [4.78, 5) is 15.9. The van der Waals surface area contributed by atoms with Crippen LogP contribution in [-0.2, 0) is 22.3 Å². The van der Waals surface area contributed by atoms with Crippen LogP contribution in [-0.4, -0.2) is 23.2 Å². The first-order chi connectivity index (χ1) is 13.9. The molecule has 0 saturated heterocycles. The minimum atomic E-state index is -4.42. The first-order valence-corrected chi connectivity index (χ1v) is 8.35. The van der Waals surface area contributed by atoms with E-state index in [4.69, 9.17) is 14.0 Å². The Balaban J connectivity index is 1.59. The molecule has 0 amide bonds. The van der Waals surface area contributed by atoms with Gasteiger partial charge in [0.05, 0.1) is 12.7 Å². The van der Waals surface area contributed by atoms with Gasteiger partial charge in [0.1, 0.15) is 5.75 Å². The molecular formula is C20H15F3N2O4. The molecule has 0 unspecified atom stereocenters. The Morgan fingerprint density at radius 1 is 1.14 bits per heavy atom. The largest absolute Gasteiger partial charge is 0.496 e. The van der Waals surface area contributed by atoms with E-state index in [1.54, 1.807) is 30.3 Å². The van der Waals surface area contributed by atoms with E-state index in [0.717, 1.165) is 12.1 Å². The van der Waals surface area contributed by atoms with Crippen LogP contribution < -0.4 is 4.74 Å². The quantitative estimate of drug-likeness (QED) is 0.444. The van der Waals surface area contributed by atoms with Crippen molar-refractivity contribution in [2.75, 3.05) is 7.11 Å². The number of nitrogens with zero attached hydrogens (tertiary/aromatic N) is 2. The van der Waals surface area contributed by atoms with Gasteiger partial charge < -0.3 is 14.0 Å². The van der Waals surface area contributed by atoms with Crippen molar-refractivity contribution in [2.45, 2.75) is 12.8 Å². The lowest BCUT2D eigenvalue weighted by Gasteiger charge is -2.05. The molecule has 0 aliphatic rings. The summed E-state index contributed by atoms with van der Waals surface area (Å²) in [6, 6.07) is 11.5. The van der Waals surface area contributed by atoms with Crippen LogP contribution in [0, 0.1) is 0 Å². The van der Waals surface area contributed by atoms with Crippen molar-refractivity contribution in [3.63, 3.8) is 0 Å². The molecule has 0 radical (unpaired) electrons. The number of hydrogen-bond donors (Lipinski definition) is 0. The molecule has 6 nitrogen and oxygen atoms in total. The maximum atomic E-state index is 12.6. The molecule has 29 heavy (non-hydrogen) atoms. The van der Waals surface area contributed by atoms with E-state index < -0.39 is 17.7 Å². The zero-order valence-corrected chi connectivity index (χ0v) is 15.1. The minimum absolute atomic E-state index is 0.0129. The van der Waals surface area contributed by atoms with Crippen LogP contribution in [0.1, 0.15) is 17.0 Å². The maximum Gasteiger partial charge on any atom is 0.416 e. The summed E-state index contributed by atoms with van der Waals surface area (Å²) in [5, 5.41) is 3.68. The van der Waals surface area contributed by atoms with E-state index in [9.17, 15) is 18.0 Å². The summed E-state index contributed by atoms with van der Waals surface area (Å²) in [5.74, 6) is 0.0769. The Labute approximate surface area is 163 Å². The molecule has 0 fully saturated rings. The van der Waals surface area contributed by atoms with Crippen LogP contribution in [0.4, 0.5) is 13.2 Å². The third-order valence-corrected chi connectivity index (χ3v) is 3.81. The van der Waals surface area contributed by atoms with E-state index >= 15 is 0 Å². The zero-order chi connectivity index (χ0) is 20.9. The zero-order valence-electron chi connectivity index (χ0n) is 15.1. The van der Waals surface area contributed by atoms with Gasteiger partial charge in [-0.3, -0.25) is 0 Å². The third kappa shape index (κ3) is 5.22. The molecule has 0 atom stereocenters. The number of para-hydroxylation sites is 1. The smallest absolute Gasteiger partial charge is 0.416 e. The Morgan fingerprint density at radius 2 is 1.86 bits per heavy atom. The number of halogens is 3. The number of rotatable bonds is 6. The van der Waals surface area contributed by atoms with E-state index in [0.29, 0.717) is 16.9 Å². The van der Waals surface area contributed by atoms with Gasteiger partial charge in [0.15, 0.2) is 6.61 Å². The molecule has 1 aromatic heterocycles. The molecule has 0 aliphatic carbocycles. The summed E-state index contributed by atoms with van der Waals surface area (Å²) in [5.41, 5.74) is 0.269. The standard InChI is InChI=1S/C20H15F3N2O4/c1-27-16-5-3-2-4-13(16)8-11-18(26)28-12-17-24-19(25-29-17)14-6-9-15(10-7-14)20(21,22)23/h2-11H,12H2,1H3/b11-8+. The van der Waals surface area contributed by atoms with Gasteiger partial charge in [-0.25, -0.2) is 4.79 Å². The topological polar surface area (TPSA) is 74.5 Å². The van der Waals surface area contributed by atoms with Gasteiger partial charge in [0.2, 0.25) is 5.82 Å². The Kier molecular flexibility index (Phi) is 5.96. The SMILES string of the molecule is COc1ccccc1/C=C/C(=O)OCc1nc(-c2ccc(C(F)(F)F)cc2)no1. The lowest BCUT2D eigenvalue weighted by Crippen LogP contribution is -2.04. The Bertz CT molecular complexity index is 1010. The van der Waals surface area contributed by atoms with Crippen LogP contribution >= 0.6 is 0 Å². The number of benzene rings is 2. The van der Waals surface area contributed by atoms with Crippen molar-refractivity contribution in [1.29, 1.82) is 0 Å². The predicted molar refractivity (Wildman–Crippen MR) is 96.6 cm³/mol. The molecule has 1 heterocycles. The normalized spacial score (nSPS) is 11.6.